The van der Waals surface area contributed by atoms with E-state index in [1.807, 2.05) is 32.9 Å². The molecular weight excluding hydrogens is 468 g/mol. The van der Waals surface area contributed by atoms with Crippen molar-refractivity contribution >= 4 is 22.9 Å². The molecule has 8 heteroatoms. The Labute approximate surface area is 217 Å². The van der Waals surface area contributed by atoms with E-state index in [9.17, 15) is 9.59 Å². The standard InChI is InChI=1S/C29H36N4O4/c1-29(2,3)37-28(35)32-18-19-17-22(9-10-25(19)30-32)33(21-7-8-21)27(34)24-5-4-6-26-23(24)11-14-31(26)20-12-15-36-16-13-20/h4-6,11,14,18,20-22H,7-10,12-13,15-17H2,1-3H3. The van der Waals surface area contributed by atoms with Gasteiger partial charge in [-0.2, -0.15) is 9.78 Å². The zero-order valence-corrected chi connectivity index (χ0v) is 22.0. The summed E-state index contributed by atoms with van der Waals surface area (Å²) in [5, 5.41) is 5.53. The van der Waals surface area contributed by atoms with E-state index in [0.29, 0.717) is 12.5 Å². The Hall–Kier alpha value is -3.13. The van der Waals surface area contributed by atoms with Gasteiger partial charge in [-0.15, -0.1) is 0 Å². The molecule has 2 aromatic heterocycles. The summed E-state index contributed by atoms with van der Waals surface area (Å²) in [6.45, 7) is 7.12. The van der Waals surface area contributed by atoms with Crippen molar-refractivity contribution in [2.75, 3.05) is 13.2 Å². The predicted molar refractivity (Wildman–Crippen MR) is 140 cm³/mol. The molecule has 1 aliphatic heterocycles. The van der Waals surface area contributed by atoms with Crippen molar-refractivity contribution in [2.24, 2.45) is 0 Å². The molecule has 0 bridgehead atoms. The Morgan fingerprint density at radius 2 is 1.84 bits per heavy atom. The first-order chi connectivity index (χ1) is 17.8. The number of ether oxygens (including phenoxy) is 2. The van der Waals surface area contributed by atoms with Crippen LogP contribution in [0.1, 0.15) is 80.5 Å². The topological polar surface area (TPSA) is 78.6 Å². The molecule has 1 saturated heterocycles. The quantitative estimate of drug-likeness (QED) is 0.492. The van der Waals surface area contributed by atoms with Gasteiger partial charge >= 0.3 is 6.09 Å². The normalized spacial score (nSPS) is 20.6. The van der Waals surface area contributed by atoms with E-state index in [2.05, 4.69) is 32.9 Å². The summed E-state index contributed by atoms with van der Waals surface area (Å²) in [4.78, 5) is 28.8. The fourth-order valence-electron chi connectivity index (χ4n) is 5.90. The number of carbonyl (C=O) groups is 2. The highest BCUT2D eigenvalue weighted by Gasteiger charge is 2.40. The summed E-state index contributed by atoms with van der Waals surface area (Å²) in [5.41, 5.74) is 3.29. The third-order valence-corrected chi connectivity index (χ3v) is 7.77. The molecule has 196 valence electrons. The first-order valence-electron chi connectivity index (χ1n) is 13.6. The number of rotatable bonds is 4. The van der Waals surface area contributed by atoms with Gasteiger partial charge < -0.3 is 18.9 Å². The van der Waals surface area contributed by atoms with Crippen LogP contribution in [-0.4, -0.2) is 62.1 Å². The molecule has 0 N–H and O–H groups in total. The van der Waals surface area contributed by atoms with Crippen LogP contribution in [0, 0.1) is 0 Å². The SMILES string of the molecule is CC(C)(C)OC(=O)n1cc2c(n1)CCC(N(C(=O)c1cccc3c1ccn3C1CCOCC1)C1CC1)C2. The number of nitrogens with zero attached hydrogens (tertiary/aromatic N) is 4. The Bertz CT molecular complexity index is 1320. The van der Waals surface area contributed by atoms with Crippen LogP contribution in [0.25, 0.3) is 10.9 Å². The second-order valence-electron chi connectivity index (χ2n) is 11.7. The maximum atomic E-state index is 14.1. The van der Waals surface area contributed by atoms with E-state index in [1.54, 1.807) is 6.20 Å². The Kier molecular flexibility index (Phi) is 6.10. The average molecular weight is 505 g/mol. The van der Waals surface area contributed by atoms with Crippen molar-refractivity contribution in [3.8, 4) is 0 Å². The number of aromatic nitrogens is 3. The van der Waals surface area contributed by atoms with Crippen LogP contribution < -0.4 is 0 Å². The number of aryl methyl sites for hydroxylation is 1. The number of hydrogen-bond donors (Lipinski definition) is 0. The molecule has 1 unspecified atom stereocenters. The van der Waals surface area contributed by atoms with E-state index in [-0.39, 0.29) is 18.0 Å². The van der Waals surface area contributed by atoms with E-state index >= 15 is 0 Å². The van der Waals surface area contributed by atoms with Crippen molar-refractivity contribution in [1.82, 2.24) is 19.2 Å². The van der Waals surface area contributed by atoms with Crippen LogP contribution in [-0.2, 0) is 22.3 Å². The Morgan fingerprint density at radius 3 is 2.57 bits per heavy atom. The predicted octanol–water partition coefficient (Wildman–Crippen LogP) is 5.13. The van der Waals surface area contributed by atoms with Crippen LogP contribution >= 0.6 is 0 Å². The van der Waals surface area contributed by atoms with Crippen molar-refractivity contribution in [2.45, 2.75) is 89.4 Å². The summed E-state index contributed by atoms with van der Waals surface area (Å²) in [6.07, 6.45) is 9.85. The van der Waals surface area contributed by atoms with Gasteiger partial charge in [0, 0.05) is 60.2 Å². The minimum absolute atomic E-state index is 0.0941. The van der Waals surface area contributed by atoms with Crippen LogP contribution in [0.15, 0.2) is 36.7 Å². The van der Waals surface area contributed by atoms with E-state index in [0.717, 1.165) is 79.5 Å². The summed E-state index contributed by atoms with van der Waals surface area (Å²) < 4.78 is 14.7. The lowest BCUT2D eigenvalue weighted by Gasteiger charge is -2.34. The van der Waals surface area contributed by atoms with Gasteiger partial charge in [0.1, 0.15) is 5.60 Å². The molecule has 1 atom stereocenters. The second-order valence-corrected chi connectivity index (χ2v) is 11.7. The lowest BCUT2D eigenvalue weighted by Crippen LogP contribution is -2.44. The second kappa shape index (κ2) is 9.31. The van der Waals surface area contributed by atoms with Gasteiger partial charge in [0.2, 0.25) is 0 Å². The zero-order chi connectivity index (χ0) is 25.7. The Balaban J connectivity index is 1.25. The number of amides is 1. The molecule has 1 amide bonds. The van der Waals surface area contributed by atoms with Gasteiger partial charge in [-0.1, -0.05) is 6.07 Å². The monoisotopic (exact) mass is 504 g/mol. The molecule has 2 fully saturated rings. The molecule has 6 rings (SSSR count). The lowest BCUT2D eigenvalue weighted by atomic mass is 9.91. The number of fused-ring (bicyclic) bond motifs is 2. The van der Waals surface area contributed by atoms with E-state index in [1.165, 1.54) is 4.68 Å². The van der Waals surface area contributed by atoms with E-state index < -0.39 is 11.7 Å². The number of carbonyl (C=O) groups excluding carboxylic acids is 2. The minimum atomic E-state index is -0.577. The van der Waals surface area contributed by atoms with Gasteiger partial charge in [0.15, 0.2) is 0 Å². The number of benzene rings is 1. The fourth-order valence-corrected chi connectivity index (χ4v) is 5.90. The molecule has 0 spiro atoms. The molecule has 3 aromatic rings. The van der Waals surface area contributed by atoms with Crippen molar-refractivity contribution in [1.29, 1.82) is 0 Å². The van der Waals surface area contributed by atoms with Crippen molar-refractivity contribution in [3.63, 3.8) is 0 Å². The zero-order valence-electron chi connectivity index (χ0n) is 22.0. The third-order valence-electron chi connectivity index (χ3n) is 7.77. The van der Waals surface area contributed by atoms with Crippen LogP contribution in [0.4, 0.5) is 4.79 Å². The van der Waals surface area contributed by atoms with Gasteiger partial charge in [0.25, 0.3) is 5.91 Å². The van der Waals surface area contributed by atoms with Gasteiger partial charge in [-0.25, -0.2) is 4.79 Å². The first kappa shape index (κ1) is 24.2. The summed E-state index contributed by atoms with van der Waals surface area (Å²) in [5.74, 6) is 0.116. The highest BCUT2D eigenvalue weighted by atomic mass is 16.6. The molecule has 0 radical (unpaired) electrons. The lowest BCUT2D eigenvalue weighted by molar-refractivity contribution is 0.0513. The van der Waals surface area contributed by atoms with Gasteiger partial charge in [-0.05, 0) is 89.5 Å². The molecule has 1 aromatic carbocycles. The largest absolute Gasteiger partial charge is 0.442 e. The molecule has 37 heavy (non-hydrogen) atoms. The van der Waals surface area contributed by atoms with Crippen LogP contribution in [0.3, 0.4) is 0 Å². The highest BCUT2D eigenvalue weighted by Crippen LogP contribution is 2.36. The molecular formula is C29H36N4O4. The molecule has 2 aliphatic carbocycles. The molecule has 3 aliphatic rings. The highest BCUT2D eigenvalue weighted by molar-refractivity contribution is 6.07. The van der Waals surface area contributed by atoms with E-state index in [4.69, 9.17) is 9.47 Å². The maximum absolute atomic E-state index is 14.1. The average Bonchev–Trinajstić information content (AvgIpc) is 3.45. The minimum Gasteiger partial charge on any atom is -0.442 e. The molecule has 1 saturated carbocycles. The summed E-state index contributed by atoms with van der Waals surface area (Å²) in [7, 11) is 0. The molecule has 8 nitrogen and oxygen atoms in total. The Morgan fingerprint density at radius 1 is 1.05 bits per heavy atom. The first-order valence-corrected chi connectivity index (χ1v) is 13.6. The maximum Gasteiger partial charge on any atom is 0.435 e. The molecule has 3 heterocycles. The number of hydrogen-bond acceptors (Lipinski definition) is 5. The van der Waals surface area contributed by atoms with Crippen molar-refractivity contribution < 1.29 is 19.1 Å². The van der Waals surface area contributed by atoms with Gasteiger partial charge in [0.05, 0.1) is 5.69 Å². The third kappa shape index (κ3) is 4.79. The van der Waals surface area contributed by atoms with Gasteiger partial charge in [-0.3, -0.25) is 4.79 Å². The smallest absolute Gasteiger partial charge is 0.435 e. The van der Waals surface area contributed by atoms with Crippen LogP contribution in [0.5, 0.6) is 0 Å². The fraction of sp³-hybridized carbons (Fsp3) is 0.552. The summed E-state index contributed by atoms with van der Waals surface area (Å²) in [6, 6.07) is 9.01. The van der Waals surface area contributed by atoms with Crippen LogP contribution in [0.2, 0.25) is 0 Å². The van der Waals surface area contributed by atoms with Crippen molar-refractivity contribution in [3.05, 3.63) is 53.5 Å². The summed E-state index contributed by atoms with van der Waals surface area (Å²) >= 11 is 0.